The first-order valence-electron chi connectivity index (χ1n) is 11.3. The van der Waals surface area contributed by atoms with Crippen molar-refractivity contribution in [3.63, 3.8) is 0 Å². The Morgan fingerprint density at radius 2 is 1.06 bits per heavy atom. The molecule has 34 heavy (non-hydrogen) atoms. The molecule has 160 valence electrons. The van der Waals surface area contributed by atoms with Crippen molar-refractivity contribution >= 4 is 53.3 Å². The van der Waals surface area contributed by atoms with E-state index in [0.29, 0.717) is 0 Å². The van der Waals surface area contributed by atoms with Crippen LogP contribution >= 0.6 is 11.3 Å². The highest BCUT2D eigenvalue weighted by atomic mass is 32.1. The molecule has 7 aromatic rings. The fourth-order valence-electron chi connectivity index (χ4n) is 4.99. The van der Waals surface area contributed by atoms with Gasteiger partial charge in [0.15, 0.2) is 5.43 Å². The van der Waals surface area contributed by atoms with E-state index in [4.69, 9.17) is 0 Å². The van der Waals surface area contributed by atoms with Gasteiger partial charge in [-0.25, -0.2) is 0 Å². The number of rotatable bonds is 2. The normalized spacial score (nSPS) is 11.6. The Balaban J connectivity index is 1.37. The summed E-state index contributed by atoms with van der Waals surface area (Å²) in [5.41, 5.74) is 5.79. The molecule has 0 aliphatic rings. The molecular formula is C31H19NOS. The minimum atomic E-state index is 0.105. The molecule has 0 saturated heterocycles. The van der Waals surface area contributed by atoms with E-state index in [2.05, 4.69) is 89.5 Å². The Labute approximate surface area is 200 Å². The van der Waals surface area contributed by atoms with Gasteiger partial charge in [0.1, 0.15) is 0 Å². The van der Waals surface area contributed by atoms with Crippen molar-refractivity contribution in [2.75, 3.05) is 0 Å². The largest absolute Gasteiger partial charge is 0.309 e. The van der Waals surface area contributed by atoms with Crippen LogP contribution in [0.5, 0.6) is 0 Å². The van der Waals surface area contributed by atoms with Crippen molar-refractivity contribution in [1.29, 1.82) is 0 Å². The zero-order valence-corrected chi connectivity index (χ0v) is 19.0. The van der Waals surface area contributed by atoms with E-state index in [0.717, 1.165) is 37.0 Å². The van der Waals surface area contributed by atoms with Crippen LogP contribution in [0.15, 0.2) is 120 Å². The van der Waals surface area contributed by atoms with Crippen molar-refractivity contribution in [2.24, 2.45) is 0 Å². The van der Waals surface area contributed by atoms with Gasteiger partial charge in [0.2, 0.25) is 0 Å². The van der Waals surface area contributed by atoms with Gasteiger partial charge in [-0.05, 0) is 59.7 Å². The van der Waals surface area contributed by atoms with E-state index in [1.54, 1.807) is 11.3 Å². The Bertz CT molecular complexity index is 1870. The maximum Gasteiger partial charge on any atom is 0.195 e. The van der Waals surface area contributed by atoms with Crippen molar-refractivity contribution in [1.82, 2.24) is 4.57 Å². The molecule has 0 amide bonds. The van der Waals surface area contributed by atoms with Gasteiger partial charge in [-0.15, -0.1) is 11.3 Å². The molecule has 0 aliphatic carbocycles. The van der Waals surface area contributed by atoms with Crippen molar-refractivity contribution in [2.45, 2.75) is 0 Å². The van der Waals surface area contributed by atoms with Crippen molar-refractivity contribution < 1.29 is 0 Å². The summed E-state index contributed by atoms with van der Waals surface area (Å²) in [4.78, 5) is 13.1. The minimum Gasteiger partial charge on any atom is -0.309 e. The van der Waals surface area contributed by atoms with E-state index in [1.807, 2.05) is 30.3 Å². The molecule has 0 radical (unpaired) electrons. The molecule has 2 heterocycles. The summed E-state index contributed by atoms with van der Waals surface area (Å²) in [7, 11) is 0. The minimum absolute atomic E-state index is 0.105. The highest BCUT2D eigenvalue weighted by Crippen LogP contribution is 2.33. The fraction of sp³-hybridized carbons (Fsp3) is 0. The smallest absolute Gasteiger partial charge is 0.195 e. The molecule has 0 atom stereocenters. The predicted octanol–water partition coefficient (Wildman–Crippen LogP) is 8.18. The molecule has 2 nitrogen and oxygen atoms in total. The lowest BCUT2D eigenvalue weighted by Crippen LogP contribution is -2.00. The summed E-state index contributed by atoms with van der Waals surface area (Å²) in [6.07, 6.45) is 0. The predicted molar refractivity (Wildman–Crippen MR) is 145 cm³/mol. The second-order valence-electron chi connectivity index (χ2n) is 8.55. The second-order valence-corrected chi connectivity index (χ2v) is 9.64. The Hall–Kier alpha value is -4.21. The average molecular weight is 454 g/mol. The maximum atomic E-state index is 13.1. The van der Waals surface area contributed by atoms with Crippen LogP contribution in [-0.4, -0.2) is 4.57 Å². The molecule has 3 heteroatoms. The standard InChI is InChI=1S/C31H19NOS/c33-31-25-9-3-6-12-29(25)34-30-18-15-21(19-26(30)31)20-13-16-22(17-14-20)32-27-10-4-1-7-23(27)24-8-2-5-11-28(24)32/h1-19H. The summed E-state index contributed by atoms with van der Waals surface area (Å²) in [6, 6.07) is 39.8. The van der Waals surface area contributed by atoms with E-state index < -0.39 is 0 Å². The first-order valence-corrected chi connectivity index (χ1v) is 12.1. The SMILES string of the molecule is O=c1c2ccccc2sc2ccc(-c3ccc(-n4c5ccccc5c5ccccc54)cc3)cc12. The average Bonchev–Trinajstić information content (AvgIpc) is 3.23. The van der Waals surface area contributed by atoms with Crippen LogP contribution in [0.25, 0.3) is 58.8 Å². The van der Waals surface area contributed by atoms with Crippen LogP contribution in [0.3, 0.4) is 0 Å². The van der Waals surface area contributed by atoms with Crippen LogP contribution in [0.1, 0.15) is 0 Å². The molecule has 7 rings (SSSR count). The van der Waals surface area contributed by atoms with Crippen LogP contribution in [0.2, 0.25) is 0 Å². The lowest BCUT2D eigenvalue weighted by atomic mass is 10.0. The van der Waals surface area contributed by atoms with Crippen molar-refractivity contribution in [3.05, 3.63) is 125 Å². The van der Waals surface area contributed by atoms with Gasteiger partial charge in [0.25, 0.3) is 0 Å². The molecule has 5 aromatic carbocycles. The topological polar surface area (TPSA) is 22.0 Å². The zero-order chi connectivity index (χ0) is 22.6. The number of hydrogen-bond acceptors (Lipinski definition) is 2. The summed E-state index contributed by atoms with van der Waals surface area (Å²) >= 11 is 1.67. The molecular weight excluding hydrogens is 434 g/mol. The van der Waals surface area contributed by atoms with Gasteiger partial charge >= 0.3 is 0 Å². The quantitative estimate of drug-likeness (QED) is 0.242. The van der Waals surface area contributed by atoms with Gasteiger partial charge in [-0.2, -0.15) is 0 Å². The zero-order valence-electron chi connectivity index (χ0n) is 18.2. The third-order valence-electron chi connectivity index (χ3n) is 6.61. The Morgan fingerprint density at radius 1 is 0.500 bits per heavy atom. The number of hydrogen-bond donors (Lipinski definition) is 0. The fourth-order valence-corrected chi connectivity index (χ4v) is 6.04. The Morgan fingerprint density at radius 3 is 1.76 bits per heavy atom. The van der Waals surface area contributed by atoms with E-state index >= 15 is 0 Å². The van der Waals surface area contributed by atoms with Gasteiger partial charge in [0.05, 0.1) is 11.0 Å². The summed E-state index contributed by atoms with van der Waals surface area (Å²) in [5.74, 6) is 0. The van der Waals surface area contributed by atoms with Gasteiger partial charge in [-0.1, -0.05) is 66.7 Å². The molecule has 0 saturated carbocycles. The van der Waals surface area contributed by atoms with Crippen LogP contribution < -0.4 is 5.43 Å². The van der Waals surface area contributed by atoms with Crippen LogP contribution in [0, 0.1) is 0 Å². The van der Waals surface area contributed by atoms with Crippen LogP contribution in [0.4, 0.5) is 0 Å². The molecule has 0 N–H and O–H groups in total. The molecule has 2 aromatic heterocycles. The van der Waals surface area contributed by atoms with Gasteiger partial charge < -0.3 is 4.57 Å². The molecule has 0 aliphatic heterocycles. The molecule has 0 bridgehead atoms. The molecule has 0 unspecified atom stereocenters. The number of para-hydroxylation sites is 2. The summed E-state index contributed by atoms with van der Waals surface area (Å²) in [5, 5.41) is 4.09. The number of fused-ring (bicyclic) bond motifs is 5. The first-order chi connectivity index (χ1) is 16.8. The highest BCUT2D eigenvalue weighted by molar-refractivity contribution is 7.24. The number of nitrogens with zero attached hydrogens (tertiary/aromatic N) is 1. The molecule has 0 fully saturated rings. The van der Waals surface area contributed by atoms with E-state index in [-0.39, 0.29) is 5.43 Å². The van der Waals surface area contributed by atoms with Crippen molar-refractivity contribution in [3.8, 4) is 16.8 Å². The van der Waals surface area contributed by atoms with Gasteiger partial charge in [0, 0.05) is 36.6 Å². The maximum absolute atomic E-state index is 13.1. The first kappa shape index (κ1) is 19.3. The number of aromatic nitrogens is 1. The molecule has 0 spiro atoms. The third kappa shape index (κ3) is 2.84. The summed E-state index contributed by atoms with van der Waals surface area (Å²) in [6.45, 7) is 0. The van der Waals surface area contributed by atoms with Gasteiger partial charge in [-0.3, -0.25) is 4.79 Å². The summed E-state index contributed by atoms with van der Waals surface area (Å²) < 4.78 is 4.37. The third-order valence-corrected chi connectivity index (χ3v) is 7.77. The Kier molecular flexibility index (Phi) is 4.20. The van der Waals surface area contributed by atoms with E-state index in [9.17, 15) is 4.79 Å². The second kappa shape index (κ2) is 7.41. The van der Waals surface area contributed by atoms with Crippen LogP contribution in [-0.2, 0) is 0 Å². The lowest BCUT2D eigenvalue weighted by molar-refractivity contribution is 1.18. The van der Waals surface area contributed by atoms with E-state index in [1.165, 1.54) is 21.8 Å². The number of benzene rings is 5. The lowest BCUT2D eigenvalue weighted by Gasteiger charge is -2.10. The monoisotopic (exact) mass is 453 g/mol. The highest BCUT2D eigenvalue weighted by Gasteiger charge is 2.12.